The molecule has 0 aliphatic carbocycles. The van der Waals surface area contributed by atoms with Crippen LogP contribution >= 0.6 is 11.3 Å². The maximum Gasteiger partial charge on any atom is 0.316 e. The first-order chi connectivity index (χ1) is 17.6. The van der Waals surface area contributed by atoms with Crippen molar-refractivity contribution in [1.82, 2.24) is 29.7 Å². The van der Waals surface area contributed by atoms with Crippen molar-refractivity contribution in [3.05, 3.63) is 76.7 Å². The van der Waals surface area contributed by atoms with Crippen LogP contribution in [0.5, 0.6) is 6.01 Å². The van der Waals surface area contributed by atoms with Gasteiger partial charge in [-0.25, -0.2) is 15.0 Å². The van der Waals surface area contributed by atoms with Crippen molar-refractivity contribution in [2.24, 2.45) is 0 Å². The van der Waals surface area contributed by atoms with Gasteiger partial charge in [-0.15, -0.1) is 0 Å². The number of amides is 1. The quantitative estimate of drug-likeness (QED) is 0.381. The first-order valence-electron chi connectivity index (χ1n) is 11.7. The zero-order chi connectivity index (χ0) is 24.9. The highest BCUT2D eigenvalue weighted by molar-refractivity contribution is 7.18. The van der Waals surface area contributed by atoms with Gasteiger partial charge in [0, 0.05) is 52.0 Å². The average Bonchev–Trinajstić information content (AvgIpc) is 3.33. The third-order valence-electron chi connectivity index (χ3n) is 6.12. The number of rotatable bonds is 7. The fraction of sp³-hybridized carbons (Fsp3) is 0.308. The topological polar surface area (TPSA) is 108 Å². The predicted molar refractivity (Wildman–Crippen MR) is 135 cm³/mol. The van der Waals surface area contributed by atoms with E-state index in [0.717, 1.165) is 48.6 Å². The van der Waals surface area contributed by atoms with Gasteiger partial charge in [0.1, 0.15) is 27.9 Å². The number of carbonyl (C=O) groups is 1. The molecule has 0 N–H and O–H groups in total. The molecule has 0 spiro atoms. The summed E-state index contributed by atoms with van der Waals surface area (Å²) in [5.41, 5.74) is 3.53. The van der Waals surface area contributed by atoms with Crippen LogP contribution in [0, 0.1) is 11.3 Å². The molecule has 1 saturated heterocycles. The first-order valence-corrected chi connectivity index (χ1v) is 12.5. The van der Waals surface area contributed by atoms with Crippen LogP contribution in [0.2, 0.25) is 0 Å². The summed E-state index contributed by atoms with van der Waals surface area (Å²) in [4.78, 5) is 34.1. The Morgan fingerprint density at radius 1 is 1.06 bits per heavy atom. The number of nitriles is 1. The smallest absolute Gasteiger partial charge is 0.316 e. The summed E-state index contributed by atoms with van der Waals surface area (Å²) >= 11 is 1.39. The lowest BCUT2D eigenvalue weighted by atomic mass is 10.1. The third kappa shape index (κ3) is 5.48. The molecular weight excluding hydrogens is 474 g/mol. The zero-order valence-corrected chi connectivity index (χ0v) is 20.7. The molecule has 0 saturated carbocycles. The number of nitrogens with zero attached hydrogens (tertiary/aromatic N) is 7. The molecule has 10 heteroatoms. The van der Waals surface area contributed by atoms with Crippen molar-refractivity contribution < 1.29 is 9.53 Å². The van der Waals surface area contributed by atoms with Gasteiger partial charge in [0.2, 0.25) is 5.91 Å². The number of thiazole rings is 1. The van der Waals surface area contributed by atoms with Crippen LogP contribution in [0.1, 0.15) is 34.7 Å². The summed E-state index contributed by atoms with van der Waals surface area (Å²) in [7, 11) is 0. The number of piperazine rings is 1. The molecule has 9 nitrogen and oxygen atoms in total. The van der Waals surface area contributed by atoms with E-state index in [1.54, 1.807) is 25.4 Å². The van der Waals surface area contributed by atoms with Crippen LogP contribution in [0.3, 0.4) is 0 Å². The summed E-state index contributed by atoms with van der Waals surface area (Å²) in [6.45, 7) is 6.13. The number of aromatic nitrogens is 4. The molecule has 1 aromatic carbocycles. The Labute approximate surface area is 213 Å². The van der Waals surface area contributed by atoms with Crippen molar-refractivity contribution in [2.45, 2.75) is 26.0 Å². The monoisotopic (exact) mass is 499 g/mol. The van der Waals surface area contributed by atoms with Crippen LogP contribution in [0.4, 0.5) is 0 Å². The molecule has 4 aromatic rings. The minimum absolute atomic E-state index is 0.144. The highest BCUT2D eigenvalue weighted by Gasteiger charge is 2.21. The van der Waals surface area contributed by atoms with Gasteiger partial charge in [0.15, 0.2) is 0 Å². The average molecular weight is 500 g/mol. The van der Waals surface area contributed by atoms with Gasteiger partial charge in [-0.1, -0.05) is 35.6 Å². The Kier molecular flexibility index (Phi) is 7.11. The second-order valence-electron chi connectivity index (χ2n) is 8.59. The van der Waals surface area contributed by atoms with Crippen LogP contribution in [-0.2, 0) is 17.9 Å². The maximum atomic E-state index is 11.5. The number of pyridine rings is 1. The van der Waals surface area contributed by atoms with Crippen molar-refractivity contribution in [3.63, 3.8) is 0 Å². The number of fused-ring (bicyclic) bond motifs is 1. The number of hydrogen-bond acceptors (Lipinski definition) is 9. The second-order valence-corrected chi connectivity index (χ2v) is 9.60. The molecule has 3 aromatic heterocycles. The van der Waals surface area contributed by atoms with Crippen molar-refractivity contribution >= 4 is 27.6 Å². The van der Waals surface area contributed by atoms with Gasteiger partial charge in [0.25, 0.3) is 0 Å². The van der Waals surface area contributed by atoms with Crippen LogP contribution in [-0.4, -0.2) is 61.8 Å². The van der Waals surface area contributed by atoms with Crippen molar-refractivity contribution in [3.8, 4) is 12.1 Å². The van der Waals surface area contributed by atoms with Gasteiger partial charge in [-0.05, 0) is 29.3 Å². The van der Waals surface area contributed by atoms with Crippen molar-refractivity contribution in [1.29, 1.82) is 5.26 Å². The molecule has 1 amide bonds. The second kappa shape index (κ2) is 10.8. The molecule has 1 aliphatic rings. The molecular formula is C26H25N7O2S. The highest BCUT2D eigenvalue weighted by atomic mass is 32.1. The molecule has 4 heterocycles. The van der Waals surface area contributed by atoms with Crippen LogP contribution < -0.4 is 4.74 Å². The fourth-order valence-corrected chi connectivity index (χ4v) is 5.08. The van der Waals surface area contributed by atoms with Gasteiger partial charge in [-0.3, -0.25) is 9.69 Å². The minimum Gasteiger partial charge on any atom is -0.459 e. The van der Waals surface area contributed by atoms with E-state index in [9.17, 15) is 10.1 Å². The Bertz CT molecular complexity index is 1360. The Balaban J connectivity index is 1.19. The van der Waals surface area contributed by atoms with Gasteiger partial charge in [-0.2, -0.15) is 10.2 Å². The lowest BCUT2D eigenvalue weighted by molar-refractivity contribution is -0.130. The minimum atomic E-state index is -0.619. The molecule has 0 radical (unpaired) electrons. The summed E-state index contributed by atoms with van der Waals surface area (Å²) in [5, 5.41) is 10.5. The predicted octanol–water partition coefficient (Wildman–Crippen LogP) is 3.38. The molecule has 5 rings (SSSR count). The van der Waals surface area contributed by atoms with E-state index in [1.807, 2.05) is 29.2 Å². The van der Waals surface area contributed by atoms with E-state index in [0.29, 0.717) is 17.3 Å². The van der Waals surface area contributed by atoms with E-state index in [2.05, 4.69) is 43.0 Å². The number of carbonyl (C=O) groups excluding carboxylic acids is 1. The summed E-state index contributed by atoms with van der Waals surface area (Å²) in [6.07, 6.45) is 3.31. The van der Waals surface area contributed by atoms with Crippen molar-refractivity contribution in [2.75, 3.05) is 26.2 Å². The van der Waals surface area contributed by atoms with Gasteiger partial charge < -0.3 is 9.64 Å². The Morgan fingerprint density at radius 2 is 1.83 bits per heavy atom. The van der Waals surface area contributed by atoms with Crippen LogP contribution in [0.15, 0.2) is 54.9 Å². The lowest BCUT2D eigenvalue weighted by Gasteiger charge is -2.34. The lowest BCUT2D eigenvalue weighted by Crippen LogP contribution is -2.47. The molecule has 0 bridgehead atoms. The van der Waals surface area contributed by atoms with E-state index < -0.39 is 5.92 Å². The zero-order valence-electron chi connectivity index (χ0n) is 19.9. The molecule has 182 valence electrons. The number of ether oxygens (including phenoxy) is 1. The maximum absolute atomic E-state index is 11.5. The van der Waals surface area contributed by atoms with E-state index in [-0.39, 0.29) is 11.9 Å². The Hall–Kier alpha value is -3.94. The Morgan fingerprint density at radius 3 is 2.56 bits per heavy atom. The first kappa shape index (κ1) is 23.8. The molecule has 36 heavy (non-hydrogen) atoms. The molecule has 1 fully saturated rings. The number of hydrogen-bond donors (Lipinski definition) is 0. The highest BCUT2D eigenvalue weighted by Crippen LogP contribution is 2.30. The fourth-order valence-electron chi connectivity index (χ4n) is 4.11. The normalized spacial score (nSPS) is 14.9. The van der Waals surface area contributed by atoms with Gasteiger partial charge in [0.05, 0.1) is 11.8 Å². The standard InChI is InChI=1S/C26H25N7O2S/c1-18(34)33-13-11-32(12-14-33)16-19-4-6-20(7-5-19)17-35-26-29-10-8-22(31-26)21(15-27)24-30-23-3-2-9-28-25(23)36-24/h2-10,21H,11-14,16-17H2,1H3. The summed E-state index contributed by atoms with van der Waals surface area (Å²) < 4.78 is 5.84. The van der Waals surface area contributed by atoms with Crippen LogP contribution in [0.25, 0.3) is 10.3 Å². The molecule has 1 unspecified atom stereocenters. The van der Waals surface area contributed by atoms with Gasteiger partial charge >= 0.3 is 6.01 Å². The van der Waals surface area contributed by atoms with E-state index in [4.69, 9.17) is 4.74 Å². The van der Waals surface area contributed by atoms with E-state index in [1.165, 1.54) is 16.9 Å². The number of benzene rings is 1. The molecule has 1 atom stereocenters. The molecule has 1 aliphatic heterocycles. The third-order valence-corrected chi connectivity index (χ3v) is 7.17. The largest absolute Gasteiger partial charge is 0.459 e. The summed E-state index contributed by atoms with van der Waals surface area (Å²) in [6, 6.07) is 16.2. The van der Waals surface area contributed by atoms with E-state index >= 15 is 0 Å². The summed E-state index contributed by atoms with van der Waals surface area (Å²) in [5.74, 6) is -0.475. The SMILES string of the molecule is CC(=O)N1CCN(Cc2ccc(COc3nccc(C(C#N)c4nc5cccnc5s4)n3)cc2)CC1.